The summed E-state index contributed by atoms with van der Waals surface area (Å²) in [5, 5.41) is 0. The molecule has 0 aliphatic carbocycles. The smallest absolute Gasteiger partial charge is 0.410 e. The number of ether oxygens (including phenoxy) is 2. The fourth-order valence-corrected chi connectivity index (χ4v) is 3.82. The highest BCUT2D eigenvalue weighted by Gasteiger charge is 2.31. The van der Waals surface area contributed by atoms with E-state index in [2.05, 4.69) is 40.5 Å². The van der Waals surface area contributed by atoms with Gasteiger partial charge in [0.25, 0.3) is 0 Å². The second kappa shape index (κ2) is 10.9. The van der Waals surface area contributed by atoms with Crippen LogP contribution in [0.4, 0.5) is 4.79 Å². The van der Waals surface area contributed by atoms with Crippen LogP contribution in [-0.2, 0) is 18.5 Å². The van der Waals surface area contributed by atoms with E-state index in [-0.39, 0.29) is 17.1 Å². The highest BCUT2D eigenvalue weighted by molar-refractivity contribution is 8.30. The molecular weight excluding hydrogens is 378 g/mol. The van der Waals surface area contributed by atoms with Crippen molar-refractivity contribution in [3.8, 4) is 0 Å². The molecule has 0 bridgehead atoms. The molecule has 164 valence electrons. The number of hydrogen-bond acceptors (Lipinski definition) is 5. The first kappa shape index (κ1) is 26.5. The molecule has 0 N–H and O–H groups in total. The summed E-state index contributed by atoms with van der Waals surface area (Å²) in [7, 11) is 0.575. The number of carbonyl (C=O) groups excluding carboxylic acids is 2. The van der Waals surface area contributed by atoms with E-state index in [0.29, 0.717) is 18.7 Å². The molecule has 28 heavy (non-hydrogen) atoms. The summed E-state index contributed by atoms with van der Waals surface area (Å²) in [5.41, 5.74) is 0.0729. The predicted molar refractivity (Wildman–Crippen MR) is 118 cm³/mol. The van der Waals surface area contributed by atoms with Gasteiger partial charge in [0.05, 0.1) is 19.4 Å². The first-order valence-electron chi connectivity index (χ1n) is 9.44. The van der Waals surface area contributed by atoms with Gasteiger partial charge in [-0.15, -0.1) is 0 Å². The van der Waals surface area contributed by atoms with Crippen molar-refractivity contribution in [1.29, 1.82) is 0 Å². The van der Waals surface area contributed by atoms with Gasteiger partial charge in [0.1, 0.15) is 5.60 Å². The van der Waals surface area contributed by atoms with Crippen LogP contribution in [0.15, 0.2) is 24.5 Å². The van der Waals surface area contributed by atoms with Gasteiger partial charge in [-0.1, -0.05) is 29.9 Å². The lowest BCUT2D eigenvalue weighted by molar-refractivity contribution is -0.117. The molecule has 0 spiro atoms. The van der Waals surface area contributed by atoms with Crippen molar-refractivity contribution < 1.29 is 23.2 Å². The molecule has 1 unspecified atom stereocenters. The summed E-state index contributed by atoms with van der Waals surface area (Å²) in [5.74, 6) is 0.992. The molecule has 1 rings (SSSR count). The van der Waals surface area contributed by atoms with Crippen molar-refractivity contribution in [2.45, 2.75) is 58.8 Å². The predicted octanol–water partition coefficient (Wildman–Crippen LogP) is 4.69. The zero-order valence-electron chi connectivity index (χ0n) is 19.1. The van der Waals surface area contributed by atoms with Crippen LogP contribution in [0.25, 0.3) is 0 Å². The SMILES string of the molecule is C=COS(C)(CC)C(C)(C)C.COCC1=CCN(C(=O)OC(C)(C)C)CC1=O. The molecule has 0 saturated heterocycles. The second-order valence-corrected chi connectivity index (χ2v) is 12.6. The van der Waals surface area contributed by atoms with Gasteiger partial charge in [0.15, 0.2) is 5.78 Å². The Kier molecular flexibility index (Phi) is 10.3. The quantitative estimate of drug-likeness (QED) is 0.607. The van der Waals surface area contributed by atoms with Crippen LogP contribution in [-0.4, -0.2) is 65.9 Å². The molecule has 1 aliphatic rings. The standard InChI is InChI=1S/C12H19NO4.C9H20OS/c1-12(2,3)17-11(15)13-6-5-9(8-16-4)10(14)7-13;1-7-10-11(6,8-2)9(3,4)5/h5H,6-8H2,1-4H3;7H,1,8H2,2-6H3. The van der Waals surface area contributed by atoms with Crippen molar-refractivity contribution >= 4 is 22.2 Å². The molecule has 1 amide bonds. The minimum absolute atomic E-state index is 0.0596. The van der Waals surface area contributed by atoms with Crippen LogP contribution in [0.3, 0.4) is 0 Å². The maximum Gasteiger partial charge on any atom is 0.410 e. The molecule has 6 nitrogen and oxygen atoms in total. The van der Waals surface area contributed by atoms with E-state index in [4.69, 9.17) is 13.7 Å². The van der Waals surface area contributed by atoms with Crippen LogP contribution in [0.2, 0.25) is 0 Å². The van der Waals surface area contributed by atoms with Crippen LogP contribution >= 0.6 is 10.3 Å². The number of carbonyl (C=O) groups is 2. The molecule has 0 saturated carbocycles. The van der Waals surface area contributed by atoms with Crippen molar-refractivity contribution in [2.24, 2.45) is 0 Å². The fraction of sp³-hybridized carbons (Fsp3) is 0.714. The Morgan fingerprint density at radius 3 is 2.18 bits per heavy atom. The van der Waals surface area contributed by atoms with Gasteiger partial charge >= 0.3 is 6.09 Å². The van der Waals surface area contributed by atoms with E-state index in [9.17, 15) is 9.59 Å². The van der Waals surface area contributed by atoms with E-state index in [1.807, 2.05) is 0 Å². The first-order valence-corrected chi connectivity index (χ1v) is 11.6. The van der Waals surface area contributed by atoms with E-state index < -0.39 is 22.0 Å². The average molecular weight is 418 g/mol. The largest absolute Gasteiger partial charge is 0.457 e. The Morgan fingerprint density at radius 2 is 1.86 bits per heavy atom. The highest BCUT2D eigenvalue weighted by atomic mass is 32.3. The number of amides is 1. The number of hydrogen-bond donors (Lipinski definition) is 0. The minimum atomic E-state index is -0.961. The minimum Gasteiger partial charge on any atom is -0.457 e. The van der Waals surface area contributed by atoms with Gasteiger partial charge in [0.2, 0.25) is 0 Å². The zero-order valence-corrected chi connectivity index (χ0v) is 19.9. The Balaban J connectivity index is 0.000000576. The molecule has 0 aromatic carbocycles. The monoisotopic (exact) mass is 417 g/mol. The summed E-state index contributed by atoms with van der Waals surface area (Å²) in [6, 6.07) is 0. The topological polar surface area (TPSA) is 65.1 Å². The molecule has 7 heteroatoms. The Labute approximate surface area is 172 Å². The van der Waals surface area contributed by atoms with Gasteiger partial charge in [0, 0.05) is 29.7 Å². The van der Waals surface area contributed by atoms with E-state index >= 15 is 0 Å². The van der Waals surface area contributed by atoms with Crippen LogP contribution in [0.5, 0.6) is 0 Å². The third kappa shape index (κ3) is 8.69. The summed E-state index contributed by atoms with van der Waals surface area (Å²) in [6.45, 7) is 18.6. The molecular formula is C21H39NO5S. The molecule has 0 aromatic rings. The first-order chi connectivity index (χ1) is 12.7. The van der Waals surface area contributed by atoms with Crippen LogP contribution in [0.1, 0.15) is 48.5 Å². The van der Waals surface area contributed by atoms with Crippen LogP contribution in [0, 0.1) is 0 Å². The molecule has 1 aliphatic heterocycles. The zero-order chi connectivity index (χ0) is 22.2. The third-order valence-electron chi connectivity index (χ3n) is 4.33. The Bertz CT molecular complexity index is 574. The Morgan fingerprint density at radius 1 is 1.29 bits per heavy atom. The third-order valence-corrected chi connectivity index (χ3v) is 8.58. The number of nitrogens with zero attached hydrogens (tertiary/aromatic N) is 1. The molecule has 0 aromatic heterocycles. The maximum absolute atomic E-state index is 11.7. The number of ketones is 1. The molecule has 0 fully saturated rings. The lowest BCUT2D eigenvalue weighted by Gasteiger charge is -2.45. The van der Waals surface area contributed by atoms with Crippen molar-refractivity contribution in [3.63, 3.8) is 0 Å². The van der Waals surface area contributed by atoms with E-state index in [1.165, 1.54) is 12.0 Å². The van der Waals surface area contributed by atoms with Crippen molar-refractivity contribution in [1.82, 2.24) is 4.90 Å². The average Bonchev–Trinajstić information content (AvgIpc) is 2.55. The number of methoxy groups -OCH3 is 1. The number of rotatable bonds is 5. The highest BCUT2D eigenvalue weighted by Crippen LogP contribution is 2.56. The van der Waals surface area contributed by atoms with Crippen molar-refractivity contribution in [2.75, 3.05) is 38.8 Å². The summed E-state index contributed by atoms with van der Waals surface area (Å²) in [4.78, 5) is 24.8. The summed E-state index contributed by atoms with van der Waals surface area (Å²) < 4.78 is 15.9. The van der Waals surface area contributed by atoms with E-state index in [1.54, 1.807) is 33.1 Å². The van der Waals surface area contributed by atoms with Gasteiger partial charge in [-0.05, 0) is 47.8 Å². The molecule has 1 atom stereocenters. The summed E-state index contributed by atoms with van der Waals surface area (Å²) >= 11 is 0. The normalized spacial score (nSPS) is 18.1. The summed E-state index contributed by atoms with van der Waals surface area (Å²) in [6.07, 6.45) is 5.02. The lowest BCUT2D eigenvalue weighted by atomic mass is 10.1. The van der Waals surface area contributed by atoms with E-state index in [0.717, 1.165) is 5.75 Å². The second-order valence-electron chi connectivity index (χ2n) is 8.62. The van der Waals surface area contributed by atoms with Gasteiger partial charge < -0.3 is 13.7 Å². The van der Waals surface area contributed by atoms with Crippen LogP contribution < -0.4 is 0 Å². The number of Topliss-reactive ketones (excluding diaryl/α,β-unsaturated/α-hetero) is 1. The lowest BCUT2D eigenvalue weighted by Crippen LogP contribution is -2.43. The van der Waals surface area contributed by atoms with Gasteiger partial charge in [-0.3, -0.25) is 9.69 Å². The Hall–Kier alpha value is -1.47. The maximum atomic E-state index is 11.7. The van der Waals surface area contributed by atoms with Gasteiger partial charge in [-0.25, -0.2) is 4.79 Å². The van der Waals surface area contributed by atoms with Crippen molar-refractivity contribution in [3.05, 3.63) is 24.5 Å². The fourth-order valence-electron chi connectivity index (χ4n) is 2.23. The molecule has 0 radical (unpaired) electrons. The molecule has 1 heterocycles. The van der Waals surface area contributed by atoms with Gasteiger partial charge in [-0.2, -0.15) is 0 Å².